The van der Waals surface area contributed by atoms with Gasteiger partial charge in [-0.3, -0.25) is 4.79 Å². The number of pyridine rings is 1. The van der Waals surface area contributed by atoms with Crippen molar-refractivity contribution in [2.75, 3.05) is 50.7 Å². The van der Waals surface area contributed by atoms with Crippen LogP contribution in [-0.4, -0.2) is 67.6 Å². The Kier molecular flexibility index (Phi) is 4.05. The van der Waals surface area contributed by atoms with E-state index in [1.807, 2.05) is 12.1 Å². The maximum absolute atomic E-state index is 12.9. The fraction of sp³-hybridized carbons (Fsp3) is 0.579. The molecule has 26 heavy (non-hydrogen) atoms. The number of carbonyl (C=O) groups is 1. The number of fused-ring (bicyclic) bond motifs is 3. The third kappa shape index (κ3) is 2.95. The van der Waals surface area contributed by atoms with Crippen LogP contribution in [0.3, 0.4) is 0 Å². The number of hydrogen-bond donors (Lipinski definition) is 2. The molecule has 1 amide bonds. The lowest BCUT2D eigenvalue weighted by Gasteiger charge is -2.30. The number of carbonyl (C=O) groups excluding carboxylic acids is 1. The summed E-state index contributed by atoms with van der Waals surface area (Å²) in [5.41, 5.74) is 0.995. The highest BCUT2D eigenvalue weighted by Gasteiger charge is 2.33. The van der Waals surface area contributed by atoms with E-state index in [0.717, 1.165) is 62.9 Å². The molecular weight excluding hydrogens is 330 g/mol. The summed E-state index contributed by atoms with van der Waals surface area (Å²) >= 11 is 0. The molecule has 7 heteroatoms. The number of rotatable bonds is 3. The van der Waals surface area contributed by atoms with Crippen LogP contribution in [0.1, 0.15) is 23.3 Å². The fourth-order valence-electron chi connectivity index (χ4n) is 4.57. The minimum absolute atomic E-state index is 0.121. The lowest BCUT2D eigenvalue weighted by Crippen LogP contribution is -2.47. The van der Waals surface area contributed by atoms with Crippen molar-refractivity contribution in [1.29, 1.82) is 0 Å². The highest BCUT2D eigenvalue weighted by molar-refractivity contribution is 6.03. The van der Waals surface area contributed by atoms with Crippen LogP contribution in [0.15, 0.2) is 22.7 Å². The molecule has 3 fully saturated rings. The predicted molar refractivity (Wildman–Crippen MR) is 99.5 cm³/mol. The highest BCUT2D eigenvalue weighted by atomic mass is 16.4. The Morgan fingerprint density at radius 1 is 1.27 bits per heavy atom. The molecule has 3 saturated heterocycles. The van der Waals surface area contributed by atoms with Gasteiger partial charge in [-0.1, -0.05) is 0 Å². The van der Waals surface area contributed by atoms with Crippen molar-refractivity contribution in [3.8, 4) is 0 Å². The van der Waals surface area contributed by atoms with Crippen molar-refractivity contribution in [3.05, 3.63) is 24.0 Å². The molecule has 3 aliphatic heterocycles. The summed E-state index contributed by atoms with van der Waals surface area (Å²) in [4.78, 5) is 21.9. The average molecular weight is 355 g/mol. The first-order valence-electron chi connectivity index (χ1n) is 9.64. The molecule has 0 aliphatic carbocycles. The Hall–Kier alpha value is -2.12. The second kappa shape index (κ2) is 6.55. The SMILES string of the molecule is O=C(N[C@@H]1C[C@H]2CCN(C2)C1)c1nccc2cc(N3CCNCC3)oc12. The van der Waals surface area contributed by atoms with Gasteiger partial charge in [-0.25, -0.2) is 4.98 Å². The highest BCUT2D eigenvalue weighted by Crippen LogP contribution is 2.29. The largest absolute Gasteiger partial charge is 0.438 e. The predicted octanol–water partition coefficient (Wildman–Crippen LogP) is 1.06. The average Bonchev–Trinajstić information content (AvgIpc) is 3.25. The summed E-state index contributed by atoms with van der Waals surface area (Å²) in [5, 5.41) is 7.47. The number of nitrogens with one attached hydrogen (secondary N) is 2. The summed E-state index contributed by atoms with van der Waals surface area (Å²) in [6.45, 7) is 7.01. The van der Waals surface area contributed by atoms with Crippen molar-refractivity contribution in [2.45, 2.75) is 18.9 Å². The van der Waals surface area contributed by atoms with Gasteiger partial charge in [0.1, 0.15) is 0 Å². The number of aromatic nitrogens is 1. The van der Waals surface area contributed by atoms with E-state index in [-0.39, 0.29) is 11.9 Å². The maximum Gasteiger partial charge on any atom is 0.274 e. The Morgan fingerprint density at radius 2 is 2.15 bits per heavy atom. The molecule has 0 spiro atoms. The number of piperidine rings is 1. The Labute approximate surface area is 152 Å². The number of piperazine rings is 1. The van der Waals surface area contributed by atoms with Gasteiger partial charge in [0.25, 0.3) is 5.91 Å². The smallest absolute Gasteiger partial charge is 0.274 e. The van der Waals surface area contributed by atoms with Crippen molar-refractivity contribution < 1.29 is 9.21 Å². The molecule has 3 aliphatic rings. The van der Waals surface area contributed by atoms with E-state index in [9.17, 15) is 4.79 Å². The summed E-state index contributed by atoms with van der Waals surface area (Å²) in [7, 11) is 0. The van der Waals surface area contributed by atoms with Crippen LogP contribution in [0.4, 0.5) is 5.88 Å². The third-order valence-electron chi connectivity index (χ3n) is 5.87. The van der Waals surface area contributed by atoms with Crippen LogP contribution < -0.4 is 15.5 Å². The molecule has 0 aromatic carbocycles. The first-order chi connectivity index (χ1) is 12.8. The number of nitrogens with zero attached hydrogens (tertiary/aromatic N) is 3. The van der Waals surface area contributed by atoms with Crippen LogP contribution in [-0.2, 0) is 0 Å². The van der Waals surface area contributed by atoms with E-state index in [4.69, 9.17) is 4.42 Å². The number of anilines is 1. The van der Waals surface area contributed by atoms with E-state index >= 15 is 0 Å². The quantitative estimate of drug-likeness (QED) is 0.858. The standard InChI is InChI=1S/C19H25N5O2/c25-19(22-15-9-13-2-6-23(11-13)12-15)17-18-14(1-3-21-17)10-16(26-18)24-7-4-20-5-8-24/h1,3,10,13,15,20H,2,4-9,11-12H2,(H,22,25)/t13-,15-/m1/s1. The van der Waals surface area contributed by atoms with Gasteiger partial charge >= 0.3 is 0 Å². The fourth-order valence-corrected chi connectivity index (χ4v) is 4.57. The Morgan fingerprint density at radius 3 is 3.00 bits per heavy atom. The van der Waals surface area contributed by atoms with Crippen LogP contribution in [0.5, 0.6) is 0 Å². The molecule has 2 aromatic rings. The van der Waals surface area contributed by atoms with Gasteiger partial charge in [0, 0.05) is 63.0 Å². The second-order valence-electron chi connectivity index (χ2n) is 7.72. The van der Waals surface area contributed by atoms with Crippen molar-refractivity contribution in [2.24, 2.45) is 5.92 Å². The van der Waals surface area contributed by atoms with Gasteiger partial charge in [0.15, 0.2) is 17.2 Å². The Balaban J connectivity index is 1.37. The van der Waals surface area contributed by atoms with Gasteiger partial charge in [-0.05, 0) is 31.4 Å². The molecule has 5 heterocycles. The zero-order valence-electron chi connectivity index (χ0n) is 14.9. The zero-order valence-corrected chi connectivity index (χ0v) is 14.9. The summed E-state index contributed by atoms with van der Waals surface area (Å²) < 4.78 is 6.07. The minimum Gasteiger partial charge on any atom is -0.438 e. The first kappa shape index (κ1) is 16.1. The topological polar surface area (TPSA) is 73.6 Å². The molecule has 2 N–H and O–H groups in total. The van der Waals surface area contributed by atoms with Crippen molar-refractivity contribution in [3.63, 3.8) is 0 Å². The molecule has 2 aromatic heterocycles. The second-order valence-corrected chi connectivity index (χ2v) is 7.72. The van der Waals surface area contributed by atoms with Gasteiger partial charge in [0.05, 0.1) is 0 Å². The Bertz CT molecular complexity index is 801. The van der Waals surface area contributed by atoms with E-state index in [1.165, 1.54) is 13.0 Å². The first-order valence-corrected chi connectivity index (χ1v) is 9.64. The van der Waals surface area contributed by atoms with Gasteiger partial charge in [0.2, 0.25) is 0 Å². The maximum atomic E-state index is 12.9. The van der Waals surface area contributed by atoms with E-state index < -0.39 is 0 Å². The lowest BCUT2D eigenvalue weighted by atomic mass is 9.97. The van der Waals surface area contributed by atoms with Crippen LogP contribution in [0.2, 0.25) is 0 Å². The lowest BCUT2D eigenvalue weighted by molar-refractivity contribution is 0.0905. The van der Waals surface area contributed by atoms with Crippen molar-refractivity contribution >= 4 is 22.8 Å². The minimum atomic E-state index is -0.121. The van der Waals surface area contributed by atoms with Crippen LogP contribution in [0.25, 0.3) is 11.0 Å². The molecule has 7 nitrogen and oxygen atoms in total. The third-order valence-corrected chi connectivity index (χ3v) is 5.87. The molecular formula is C19H25N5O2. The molecule has 2 bridgehead atoms. The van der Waals surface area contributed by atoms with E-state index in [2.05, 4.69) is 25.4 Å². The molecule has 5 rings (SSSR count). The molecule has 1 unspecified atom stereocenters. The number of amides is 1. The summed E-state index contributed by atoms with van der Waals surface area (Å²) in [6.07, 6.45) is 4.03. The van der Waals surface area contributed by atoms with Crippen molar-refractivity contribution in [1.82, 2.24) is 20.5 Å². The molecule has 0 saturated carbocycles. The van der Waals surface area contributed by atoms with Gasteiger partial charge < -0.3 is 24.9 Å². The number of furan rings is 1. The molecule has 0 radical (unpaired) electrons. The van der Waals surface area contributed by atoms with Gasteiger partial charge in [-0.15, -0.1) is 0 Å². The van der Waals surface area contributed by atoms with Crippen LogP contribution >= 0.6 is 0 Å². The van der Waals surface area contributed by atoms with E-state index in [0.29, 0.717) is 11.3 Å². The monoisotopic (exact) mass is 355 g/mol. The molecule has 138 valence electrons. The molecule has 3 atom stereocenters. The summed E-state index contributed by atoms with van der Waals surface area (Å²) in [6, 6.07) is 4.14. The normalized spacial score (nSPS) is 28.5. The van der Waals surface area contributed by atoms with Gasteiger partial charge in [-0.2, -0.15) is 0 Å². The summed E-state index contributed by atoms with van der Waals surface area (Å²) in [5.74, 6) is 1.43. The van der Waals surface area contributed by atoms with Crippen LogP contribution in [0, 0.1) is 5.92 Å². The zero-order chi connectivity index (χ0) is 17.5. The number of hydrogen-bond acceptors (Lipinski definition) is 6. The van der Waals surface area contributed by atoms with E-state index in [1.54, 1.807) is 6.20 Å².